The van der Waals surface area contributed by atoms with Crippen molar-refractivity contribution in [2.45, 2.75) is 51.9 Å². The van der Waals surface area contributed by atoms with Crippen LogP contribution in [0.15, 0.2) is 72.4 Å². The summed E-state index contributed by atoms with van der Waals surface area (Å²) in [5.74, 6) is -0.937. The summed E-state index contributed by atoms with van der Waals surface area (Å²) < 4.78 is 10.9. The summed E-state index contributed by atoms with van der Waals surface area (Å²) in [6.45, 7) is 5.54. The molecule has 1 unspecified atom stereocenters. The van der Waals surface area contributed by atoms with Crippen molar-refractivity contribution in [3.05, 3.63) is 83.6 Å². The van der Waals surface area contributed by atoms with Gasteiger partial charge in [0.25, 0.3) is 0 Å². The molecule has 0 saturated heterocycles. The quantitative estimate of drug-likeness (QED) is 0.404. The summed E-state index contributed by atoms with van der Waals surface area (Å²) in [5.41, 5.74) is 8.71. The highest BCUT2D eigenvalue weighted by Crippen LogP contribution is 2.22. The Morgan fingerprint density at radius 3 is 2.47 bits per heavy atom. The van der Waals surface area contributed by atoms with Crippen LogP contribution in [0.3, 0.4) is 0 Å². The number of aromatic amines is 1. The zero-order chi connectivity index (χ0) is 23.1. The van der Waals surface area contributed by atoms with Gasteiger partial charge in [-0.15, -0.1) is 0 Å². The molecular formula is C26H30N2O4. The maximum Gasteiger partial charge on any atom is 0.334 e. The molecule has 3 N–H and O–H groups in total. The highest BCUT2D eigenvalue weighted by atomic mass is 16.6. The average molecular weight is 435 g/mol. The van der Waals surface area contributed by atoms with Gasteiger partial charge in [0.2, 0.25) is 0 Å². The summed E-state index contributed by atoms with van der Waals surface area (Å²) in [5, 5.41) is 1.03. The van der Waals surface area contributed by atoms with E-state index >= 15 is 0 Å². The number of nitrogens with one attached hydrogen (secondary N) is 1. The van der Waals surface area contributed by atoms with Crippen LogP contribution in [0.1, 0.15) is 38.3 Å². The molecule has 1 atom stereocenters. The van der Waals surface area contributed by atoms with Crippen molar-refractivity contribution in [1.29, 1.82) is 0 Å². The molecule has 0 fully saturated rings. The second kappa shape index (κ2) is 10.3. The van der Waals surface area contributed by atoms with E-state index in [4.69, 9.17) is 15.2 Å². The first-order valence-corrected chi connectivity index (χ1v) is 10.7. The van der Waals surface area contributed by atoms with E-state index < -0.39 is 23.6 Å². The molecule has 0 amide bonds. The van der Waals surface area contributed by atoms with Gasteiger partial charge in [0.05, 0.1) is 0 Å². The number of esters is 2. The highest BCUT2D eigenvalue weighted by molar-refractivity contribution is 5.91. The molecule has 1 aromatic heterocycles. The van der Waals surface area contributed by atoms with Gasteiger partial charge in [-0.25, -0.2) is 4.79 Å². The van der Waals surface area contributed by atoms with E-state index in [1.165, 1.54) is 0 Å². The van der Waals surface area contributed by atoms with Crippen LogP contribution >= 0.6 is 0 Å². The maximum atomic E-state index is 12.9. The number of hydrogen-bond acceptors (Lipinski definition) is 5. The van der Waals surface area contributed by atoms with Gasteiger partial charge in [-0.05, 0) is 44.4 Å². The number of hydrogen-bond donors (Lipinski definition) is 2. The molecule has 3 rings (SSSR count). The third-order valence-electron chi connectivity index (χ3n) is 4.86. The molecule has 0 saturated carbocycles. The van der Waals surface area contributed by atoms with Crippen LogP contribution < -0.4 is 5.73 Å². The number of aromatic nitrogens is 1. The van der Waals surface area contributed by atoms with Gasteiger partial charge in [-0.2, -0.15) is 0 Å². The Balaban J connectivity index is 1.77. The van der Waals surface area contributed by atoms with E-state index in [-0.39, 0.29) is 13.0 Å². The fourth-order valence-electron chi connectivity index (χ4n) is 3.27. The van der Waals surface area contributed by atoms with E-state index in [0.717, 1.165) is 22.0 Å². The number of fused-ring (bicyclic) bond motifs is 1. The van der Waals surface area contributed by atoms with Crippen molar-refractivity contribution >= 4 is 22.8 Å². The van der Waals surface area contributed by atoms with Crippen LogP contribution in [0.4, 0.5) is 0 Å². The zero-order valence-corrected chi connectivity index (χ0v) is 18.8. The Morgan fingerprint density at radius 2 is 1.75 bits per heavy atom. The highest BCUT2D eigenvalue weighted by Gasteiger charge is 2.22. The van der Waals surface area contributed by atoms with Gasteiger partial charge in [0.1, 0.15) is 18.2 Å². The topological polar surface area (TPSA) is 94.4 Å². The Kier molecular flexibility index (Phi) is 7.49. The van der Waals surface area contributed by atoms with Crippen molar-refractivity contribution in [3.8, 4) is 0 Å². The van der Waals surface area contributed by atoms with Gasteiger partial charge in [0, 0.05) is 29.1 Å². The number of carbonyl (C=O) groups is 2. The number of benzene rings is 2. The van der Waals surface area contributed by atoms with Crippen molar-refractivity contribution in [3.63, 3.8) is 0 Å². The fraction of sp³-hybridized carbons (Fsp3) is 0.308. The molecule has 168 valence electrons. The predicted octanol–water partition coefficient (Wildman–Crippen LogP) is 4.44. The van der Waals surface area contributed by atoms with Gasteiger partial charge < -0.3 is 20.2 Å². The molecule has 0 spiro atoms. The largest absolute Gasteiger partial charge is 0.459 e. The minimum atomic E-state index is -0.867. The minimum Gasteiger partial charge on any atom is -0.459 e. The van der Waals surface area contributed by atoms with Crippen LogP contribution in [0.2, 0.25) is 0 Å². The smallest absolute Gasteiger partial charge is 0.334 e. The summed E-state index contributed by atoms with van der Waals surface area (Å²) in [7, 11) is 0. The monoisotopic (exact) mass is 434 g/mol. The van der Waals surface area contributed by atoms with Gasteiger partial charge in [-0.3, -0.25) is 4.79 Å². The molecule has 0 aliphatic rings. The number of rotatable bonds is 8. The molecule has 6 heteroatoms. The van der Waals surface area contributed by atoms with Crippen LogP contribution in [0, 0.1) is 0 Å². The summed E-state index contributed by atoms with van der Waals surface area (Å²) in [6.07, 6.45) is 4.10. The summed E-state index contributed by atoms with van der Waals surface area (Å²) in [4.78, 5) is 28.4. The van der Waals surface area contributed by atoms with Crippen molar-refractivity contribution < 1.29 is 19.1 Å². The third kappa shape index (κ3) is 6.56. The lowest BCUT2D eigenvalue weighted by atomic mass is 10.0. The SMILES string of the molecule is CC(C)(C)OC(=O)C(N)CC=C(Cc1c[nH]c2ccccc12)C(=O)OCc1ccccc1. The van der Waals surface area contributed by atoms with Crippen molar-refractivity contribution in [1.82, 2.24) is 4.98 Å². The number of carbonyl (C=O) groups excluding carboxylic acids is 2. The molecule has 2 aromatic carbocycles. The number of para-hydroxylation sites is 1. The second-order valence-electron chi connectivity index (χ2n) is 8.70. The second-order valence-corrected chi connectivity index (χ2v) is 8.70. The maximum absolute atomic E-state index is 12.9. The first-order valence-electron chi connectivity index (χ1n) is 10.7. The summed E-state index contributed by atoms with van der Waals surface area (Å²) >= 11 is 0. The number of H-pyrrole nitrogens is 1. The Labute approximate surface area is 188 Å². The molecule has 32 heavy (non-hydrogen) atoms. The fourth-order valence-corrected chi connectivity index (χ4v) is 3.27. The molecule has 0 aliphatic heterocycles. The molecule has 6 nitrogen and oxygen atoms in total. The predicted molar refractivity (Wildman–Crippen MR) is 125 cm³/mol. The number of ether oxygens (including phenoxy) is 2. The van der Waals surface area contributed by atoms with Gasteiger partial charge in [0.15, 0.2) is 0 Å². The van der Waals surface area contributed by atoms with Crippen LogP contribution in [0.5, 0.6) is 0 Å². The molecule has 0 radical (unpaired) electrons. The molecule has 1 heterocycles. The number of nitrogens with two attached hydrogens (primary N) is 1. The van der Waals surface area contributed by atoms with Gasteiger partial charge in [-0.1, -0.05) is 54.6 Å². The lowest BCUT2D eigenvalue weighted by Gasteiger charge is -2.21. The van der Waals surface area contributed by atoms with Crippen molar-refractivity contribution in [2.24, 2.45) is 5.73 Å². The van der Waals surface area contributed by atoms with E-state index in [1.807, 2.05) is 60.8 Å². The van der Waals surface area contributed by atoms with Crippen LogP contribution in [-0.4, -0.2) is 28.6 Å². The van der Waals surface area contributed by atoms with Crippen LogP contribution in [0.25, 0.3) is 10.9 Å². The standard InChI is InChI=1S/C26H30N2O4/c1-26(2,3)32-25(30)22(27)14-13-19(24(29)31-17-18-9-5-4-6-10-18)15-20-16-28-23-12-8-7-11-21(20)23/h4-13,16,22,28H,14-15,17,27H2,1-3H3. The van der Waals surface area contributed by atoms with Crippen LogP contribution in [-0.2, 0) is 32.1 Å². The van der Waals surface area contributed by atoms with Crippen molar-refractivity contribution in [2.75, 3.05) is 0 Å². The first kappa shape index (κ1) is 23.3. The summed E-state index contributed by atoms with van der Waals surface area (Å²) in [6, 6.07) is 16.5. The molecule has 0 aliphatic carbocycles. The third-order valence-corrected chi connectivity index (χ3v) is 4.86. The Hall–Kier alpha value is -3.38. The lowest BCUT2D eigenvalue weighted by Crippen LogP contribution is -2.37. The Bertz CT molecular complexity index is 1090. The zero-order valence-electron chi connectivity index (χ0n) is 18.8. The lowest BCUT2D eigenvalue weighted by molar-refractivity contribution is -0.156. The average Bonchev–Trinajstić information content (AvgIpc) is 3.17. The first-order chi connectivity index (χ1) is 15.2. The molecule has 3 aromatic rings. The van der Waals surface area contributed by atoms with E-state index in [0.29, 0.717) is 12.0 Å². The van der Waals surface area contributed by atoms with E-state index in [2.05, 4.69) is 4.98 Å². The van der Waals surface area contributed by atoms with E-state index in [9.17, 15) is 9.59 Å². The molecule has 0 bridgehead atoms. The Morgan fingerprint density at radius 1 is 1.06 bits per heavy atom. The van der Waals surface area contributed by atoms with E-state index in [1.54, 1.807) is 26.8 Å². The van der Waals surface area contributed by atoms with Gasteiger partial charge >= 0.3 is 11.9 Å². The molecular weight excluding hydrogens is 404 g/mol. The minimum absolute atomic E-state index is 0.170. The normalized spacial score (nSPS) is 13.1.